The largest absolute Gasteiger partial charge is 0.368 e. The van der Waals surface area contributed by atoms with E-state index in [4.69, 9.17) is 5.73 Å². The van der Waals surface area contributed by atoms with Gasteiger partial charge in [-0.05, 0) is 30.5 Å². The van der Waals surface area contributed by atoms with Gasteiger partial charge in [-0.1, -0.05) is 25.0 Å². The van der Waals surface area contributed by atoms with Crippen LogP contribution >= 0.6 is 0 Å². The van der Waals surface area contributed by atoms with Crippen molar-refractivity contribution in [3.63, 3.8) is 0 Å². The van der Waals surface area contributed by atoms with E-state index in [1.165, 1.54) is 37.8 Å². The van der Waals surface area contributed by atoms with Gasteiger partial charge in [0.05, 0.1) is 6.54 Å². The standard InChI is InChI=1S/C15H20FN5/c16-13-7-5-12(6-8-13)11-21-14(17)18-15(19-21)20-9-3-1-2-4-10-20/h5-8H,1-4,9-11H2,(H2,17,18,19). The molecule has 0 amide bonds. The fourth-order valence-electron chi connectivity index (χ4n) is 2.63. The van der Waals surface area contributed by atoms with Gasteiger partial charge in [0.25, 0.3) is 0 Å². The van der Waals surface area contributed by atoms with Gasteiger partial charge in [0.15, 0.2) is 0 Å². The van der Waals surface area contributed by atoms with Gasteiger partial charge < -0.3 is 10.6 Å². The quantitative estimate of drug-likeness (QED) is 0.942. The molecule has 0 radical (unpaired) electrons. The van der Waals surface area contributed by atoms with E-state index in [1.807, 2.05) is 0 Å². The highest BCUT2D eigenvalue weighted by Crippen LogP contribution is 2.18. The van der Waals surface area contributed by atoms with E-state index in [9.17, 15) is 4.39 Å². The third kappa shape index (κ3) is 3.32. The Balaban J connectivity index is 1.75. The molecule has 0 aliphatic carbocycles. The molecule has 1 fully saturated rings. The summed E-state index contributed by atoms with van der Waals surface area (Å²) in [5.74, 6) is 0.866. The molecule has 21 heavy (non-hydrogen) atoms. The molecule has 5 nitrogen and oxygen atoms in total. The van der Waals surface area contributed by atoms with Crippen molar-refractivity contribution in [1.82, 2.24) is 14.8 Å². The highest BCUT2D eigenvalue weighted by atomic mass is 19.1. The maximum Gasteiger partial charge on any atom is 0.246 e. The summed E-state index contributed by atoms with van der Waals surface area (Å²) in [6.45, 7) is 2.48. The molecule has 0 atom stereocenters. The third-order valence-corrected chi connectivity index (χ3v) is 3.82. The van der Waals surface area contributed by atoms with Crippen LogP contribution in [0.2, 0.25) is 0 Å². The summed E-state index contributed by atoms with van der Waals surface area (Å²) < 4.78 is 14.6. The topological polar surface area (TPSA) is 60.0 Å². The lowest BCUT2D eigenvalue weighted by Crippen LogP contribution is -2.25. The highest BCUT2D eigenvalue weighted by molar-refractivity contribution is 5.35. The second kappa shape index (κ2) is 6.11. The van der Waals surface area contributed by atoms with E-state index in [2.05, 4.69) is 15.0 Å². The highest BCUT2D eigenvalue weighted by Gasteiger charge is 2.16. The van der Waals surface area contributed by atoms with Crippen molar-refractivity contribution in [3.8, 4) is 0 Å². The average Bonchev–Trinajstić information content (AvgIpc) is 2.69. The van der Waals surface area contributed by atoms with Crippen LogP contribution in [0.15, 0.2) is 24.3 Å². The molecule has 1 saturated heterocycles. The second-order valence-electron chi connectivity index (χ2n) is 5.46. The maximum atomic E-state index is 12.9. The van der Waals surface area contributed by atoms with Crippen molar-refractivity contribution < 1.29 is 4.39 Å². The van der Waals surface area contributed by atoms with Crippen molar-refractivity contribution in [2.75, 3.05) is 23.7 Å². The molecule has 1 aromatic carbocycles. The molecule has 112 valence electrons. The van der Waals surface area contributed by atoms with Gasteiger partial charge in [-0.3, -0.25) is 0 Å². The first-order valence-electron chi connectivity index (χ1n) is 7.42. The van der Waals surface area contributed by atoms with Crippen LogP contribution in [0.5, 0.6) is 0 Å². The Kier molecular flexibility index (Phi) is 4.03. The number of anilines is 2. The molecule has 6 heteroatoms. The molecule has 1 aliphatic heterocycles. The predicted molar refractivity (Wildman–Crippen MR) is 80.6 cm³/mol. The van der Waals surface area contributed by atoms with Gasteiger partial charge in [-0.2, -0.15) is 4.98 Å². The summed E-state index contributed by atoms with van der Waals surface area (Å²) in [5, 5.41) is 4.51. The smallest absolute Gasteiger partial charge is 0.246 e. The average molecular weight is 289 g/mol. The van der Waals surface area contributed by atoms with Crippen molar-refractivity contribution in [3.05, 3.63) is 35.6 Å². The molecule has 3 rings (SSSR count). The first-order chi connectivity index (χ1) is 10.2. The number of rotatable bonds is 3. The normalized spacial score (nSPS) is 16.0. The van der Waals surface area contributed by atoms with Crippen LogP contribution in [0.3, 0.4) is 0 Å². The van der Waals surface area contributed by atoms with Gasteiger partial charge in [-0.15, -0.1) is 5.10 Å². The number of nitrogen functional groups attached to an aromatic ring is 1. The first kappa shape index (κ1) is 13.9. The molecule has 0 saturated carbocycles. The summed E-state index contributed by atoms with van der Waals surface area (Å²) in [7, 11) is 0. The van der Waals surface area contributed by atoms with Crippen LogP contribution in [-0.4, -0.2) is 27.9 Å². The van der Waals surface area contributed by atoms with Crippen molar-refractivity contribution >= 4 is 11.9 Å². The monoisotopic (exact) mass is 289 g/mol. The SMILES string of the molecule is Nc1nc(N2CCCCCC2)nn1Cc1ccc(F)cc1. The van der Waals surface area contributed by atoms with Gasteiger partial charge in [0.2, 0.25) is 11.9 Å². The zero-order valence-electron chi connectivity index (χ0n) is 12.0. The van der Waals surface area contributed by atoms with E-state index in [1.54, 1.807) is 16.8 Å². The van der Waals surface area contributed by atoms with Crippen LogP contribution in [0, 0.1) is 5.82 Å². The van der Waals surface area contributed by atoms with E-state index in [0.29, 0.717) is 18.4 Å². The van der Waals surface area contributed by atoms with Crippen LogP contribution in [-0.2, 0) is 6.54 Å². The summed E-state index contributed by atoms with van der Waals surface area (Å²) in [5.41, 5.74) is 6.91. The minimum absolute atomic E-state index is 0.240. The second-order valence-corrected chi connectivity index (χ2v) is 5.46. The van der Waals surface area contributed by atoms with E-state index in [0.717, 1.165) is 18.7 Å². The molecule has 2 heterocycles. The molecule has 2 N–H and O–H groups in total. The number of benzene rings is 1. The summed E-state index contributed by atoms with van der Waals surface area (Å²) >= 11 is 0. The Morgan fingerprint density at radius 1 is 1.05 bits per heavy atom. The molecule has 0 unspecified atom stereocenters. The Labute approximate surface area is 123 Å². The van der Waals surface area contributed by atoms with Crippen molar-refractivity contribution in [1.29, 1.82) is 0 Å². The number of nitrogens with zero attached hydrogens (tertiary/aromatic N) is 4. The van der Waals surface area contributed by atoms with Gasteiger partial charge in [0.1, 0.15) is 5.82 Å². The van der Waals surface area contributed by atoms with Crippen LogP contribution in [0.25, 0.3) is 0 Å². The molecule has 1 aromatic heterocycles. The number of halogens is 1. The molecular formula is C15H20FN5. The van der Waals surface area contributed by atoms with E-state index in [-0.39, 0.29) is 5.82 Å². The fraction of sp³-hybridized carbons (Fsp3) is 0.467. The lowest BCUT2D eigenvalue weighted by atomic mass is 10.2. The molecule has 2 aromatic rings. The Bertz CT molecular complexity index is 585. The minimum atomic E-state index is -0.240. The van der Waals surface area contributed by atoms with Crippen molar-refractivity contribution in [2.24, 2.45) is 0 Å². The fourth-order valence-corrected chi connectivity index (χ4v) is 2.63. The minimum Gasteiger partial charge on any atom is -0.368 e. The lowest BCUT2D eigenvalue weighted by molar-refractivity contribution is 0.624. The first-order valence-corrected chi connectivity index (χ1v) is 7.42. The maximum absolute atomic E-state index is 12.9. The molecular weight excluding hydrogens is 269 g/mol. The molecule has 0 spiro atoms. The van der Waals surface area contributed by atoms with Crippen LogP contribution in [0.4, 0.5) is 16.3 Å². The van der Waals surface area contributed by atoms with Gasteiger partial charge in [0, 0.05) is 13.1 Å². The van der Waals surface area contributed by atoms with E-state index >= 15 is 0 Å². The summed E-state index contributed by atoms with van der Waals surface area (Å²) in [4.78, 5) is 6.57. The number of hydrogen-bond donors (Lipinski definition) is 1. The Morgan fingerprint density at radius 3 is 2.38 bits per heavy atom. The number of hydrogen-bond acceptors (Lipinski definition) is 4. The predicted octanol–water partition coefficient (Wildman–Crippen LogP) is 2.43. The molecule has 1 aliphatic rings. The zero-order chi connectivity index (χ0) is 14.7. The van der Waals surface area contributed by atoms with Crippen LogP contribution in [0.1, 0.15) is 31.2 Å². The van der Waals surface area contributed by atoms with Crippen molar-refractivity contribution in [2.45, 2.75) is 32.2 Å². The summed E-state index contributed by atoms with van der Waals surface area (Å²) in [6, 6.07) is 6.36. The van der Waals surface area contributed by atoms with Gasteiger partial charge in [-0.25, -0.2) is 9.07 Å². The molecule has 0 bridgehead atoms. The zero-order valence-corrected chi connectivity index (χ0v) is 12.0. The Morgan fingerprint density at radius 2 is 1.71 bits per heavy atom. The Hall–Kier alpha value is -2.11. The number of nitrogens with two attached hydrogens (primary N) is 1. The third-order valence-electron chi connectivity index (χ3n) is 3.82. The van der Waals surface area contributed by atoms with Crippen LogP contribution < -0.4 is 10.6 Å². The van der Waals surface area contributed by atoms with Gasteiger partial charge >= 0.3 is 0 Å². The lowest BCUT2D eigenvalue weighted by Gasteiger charge is -2.17. The van der Waals surface area contributed by atoms with E-state index < -0.39 is 0 Å². The number of aromatic nitrogens is 3. The summed E-state index contributed by atoms with van der Waals surface area (Å²) in [6.07, 6.45) is 4.88.